The average molecular weight is 292 g/mol. The van der Waals surface area contributed by atoms with Crippen molar-refractivity contribution < 1.29 is 14.8 Å². The largest absolute Gasteiger partial charge is 0.481 e. The van der Waals surface area contributed by atoms with E-state index in [1.165, 1.54) is 6.07 Å². The van der Waals surface area contributed by atoms with Crippen LogP contribution < -0.4 is 5.32 Å². The molecule has 2 unspecified atom stereocenters. The number of anilines is 1. The van der Waals surface area contributed by atoms with E-state index in [1.54, 1.807) is 12.1 Å². The van der Waals surface area contributed by atoms with Crippen molar-refractivity contribution in [3.05, 3.63) is 33.9 Å². The van der Waals surface area contributed by atoms with Crippen LogP contribution in [0.4, 0.5) is 11.4 Å². The Kier molecular flexibility index (Phi) is 4.77. The first-order valence-corrected chi connectivity index (χ1v) is 7.20. The maximum absolute atomic E-state index is 11.3. The molecule has 1 aromatic carbocycles. The molecule has 0 spiro atoms. The van der Waals surface area contributed by atoms with Gasteiger partial charge in [-0.25, -0.2) is 0 Å². The van der Waals surface area contributed by atoms with E-state index >= 15 is 0 Å². The number of carboxylic acid groups (broad SMARTS) is 1. The highest BCUT2D eigenvalue weighted by molar-refractivity contribution is 5.70. The number of nitro groups is 1. The first kappa shape index (κ1) is 15.3. The van der Waals surface area contributed by atoms with E-state index in [9.17, 15) is 20.0 Å². The molecule has 0 saturated heterocycles. The number of benzene rings is 1. The van der Waals surface area contributed by atoms with E-state index in [1.807, 2.05) is 6.92 Å². The number of nitro benzene ring substituents is 1. The fraction of sp³-hybridized carbons (Fsp3) is 0.533. The number of nitrogens with one attached hydrogen (secondary N) is 1. The molecular weight excluding hydrogens is 272 g/mol. The zero-order valence-corrected chi connectivity index (χ0v) is 12.0. The van der Waals surface area contributed by atoms with Gasteiger partial charge in [0.2, 0.25) is 0 Å². The van der Waals surface area contributed by atoms with Crippen LogP contribution >= 0.6 is 0 Å². The van der Waals surface area contributed by atoms with Gasteiger partial charge in [-0.2, -0.15) is 0 Å². The molecule has 6 heteroatoms. The first-order valence-electron chi connectivity index (χ1n) is 7.20. The summed E-state index contributed by atoms with van der Waals surface area (Å²) < 4.78 is 0. The molecule has 2 N–H and O–H groups in total. The number of hydrogen-bond acceptors (Lipinski definition) is 4. The fourth-order valence-corrected chi connectivity index (χ4v) is 2.97. The van der Waals surface area contributed by atoms with Crippen LogP contribution in [0.3, 0.4) is 0 Å². The van der Waals surface area contributed by atoms with E-state index in [2.05, 4.69) is 5.32 Å². The van der Waals surface area contributed by atoms with E-state index < -0.39 is 10.9 Å². The number of aliphatic carboxylic acids is 1. The van der Waals surface area contributed by atoms with Gasteiger partial charge in [-0.05, 0) is 37.3 Å². The molecular formula is C15H20N2O4. The number of nitrogens with zero attached hydrogens (tertiary/aromatic N) is 1. The van der Waals surface area contributed by atoms with Gasteiger partial charge in [-0.15, -0.1) is 0 Å². The number of carbonyl (C=O) groups is 1. The van der Waals surface area contributed by atoms with Crippen molar-refractivity contribution in [1.82, 2.24) is 0 Å². The normalized spacial score (nSPS) is 21.8. The Labute approximate surface area is 123 Å². The summed E-state index contributed by atoms with van der Waals surface area (Å²) in [7, 11) is 0. The molecule has 1 aliphatic carbocycles. The van der Waals surface area contributed by atoms with E-state index in [-0.39, 0.29) is 17.5 Å². The summed E-state index contributed by atoms with van der Waals surface area (Å²) in [6.45, 7) is 2.33. The van der Waals surface area contributed by atoms with Gasteiger partial charge in [0.15, 0.2) is 0 Å². The van der Waals surface area contributed by atoms with Crippen molar-refractivity contribution >= 4 is 17.3 Å². The molecule has 2 rings (SSSR count). The summed E-state index contributed by atoms with van der Waals surface area (Å²) in [6, 6.07) is 4.91. The monoisotopic (exact) mass is 292 g/mol. The van der Waals surface area contributed by atoms with E-state index in [0.717, 1.165) is 24.8 Å². The highest BCUT2D eigenvalue weighted by Crippen LogP contribution is 2.32. The summed E-state index contributed by atoms with van der Waals surface area (Å²) in [5.74, 6) is -1.09. The third kappa shape index (κ3) is 3.71. The van der Waals surface area contributed by atoms with Gasteiger partial charge >= 0.3 is 5.97 Å². The van der Waals surface area contributed by atoms with Gasteiger partial charge in [0, 0.05) is 12.6 Å². The Morgan fingerprint density at radius 2 is 2.14 bits per heavy atom. The van der Waals surface area contributed by atoms with Crippen LogP contribution in [0.25, 0.3) is 0 Å². The second-order valence-electron chi connectivity index (χ2n) is 5.65. The number of rotatable bonds is 5. The molecule has 1 fully saturated rings. The van der Waals surface area contributed by atoms with Gasteiger partial charge in [0.1, 0.15) is 5.69 Å². The zero-order chi connectivity index (χ0) is 15.4. The standard InChI is InChI=1S/C15H20N2O4/c1-10-6-7-14(17(20)21)13(8-10)16-9-11-4-2-3-5-12(11)15(18)19/h6-8,11-12,16H,2-5,9H2,1H3,(H,18,19). The third-order valence-corrected chi connectivity index (χ3v) is 4.13. The molecule has 21 heavy (non-hydrogen) atoms. The number of carboxylic acids is 1. The highest BCUT2D eigenvalue weighted by atomic mass is 16.6. The van der Waals surface area contributed by atoms with Crippen molar-refractivity contribution in [2.75, 3.05) is 11.9 Å². The lowest BCUT2D eigenvalue weighted by molar-refractivity contribution is -0.384. The minimum Gasteiger partial charge on any atom is -0.481 e. The van der Waals surface area contributed by atoms with Gasteiger partial charge in [0.05, 0.1) is 10.8 Å². The second-order valence-corrected chi connectivity index (χ2v) is 5.65. The van der Waals surface area contributed by atoms with Gasteiger partial charge < -0.3 is 10.4 Å². The van der Waals surface area contributed by atoms with Gasteiger partial charge in [-0.1, -0.05) is 18.9 Å². The predicted octanol–water partition coefficient (Wildman–Crippen LogP) is 3.21. The summed E-state index contributed by atoms with van der Waals surface area (Å²) in [5.41, 5.74) is 1.43. The third-order valence-electron chi connectivity index (χ3n) is 4.13. The molecule has 0 amide bonds. The second kappa shape index (κ2) is 6.56. The van der Waals surface area contributed by atoms with Crippen molar-refractivity contribution in [2.45, 2.75) is 32.6 Å². The Balaban J connectivity index is 2.09. The van der Waals surface area contributed by atoms with Crippen LogP contribution in [0.15, 0.2) is 18.2 Å². The molecule has 0 radical (unpaired) electrons. The summed E-state index contributed by atoms with van der Waals surface area (Å²) >= 11 is 0. The molecule has 2 atom stereocenters. The molecule has 1 saturated carbocycles. The Hall–Kier alpha value is -2.11. The minimum atomic E-state index is -0.764. The quantitative estimate of drug-likeness (QED) is 0.642. The van der Waals surface area contributed by atoms with Crippen molar-refractivity contribution in [3.63, 3.8) is 0 Å². The molecule has 114 valence electrons. The SMILES string of the molecule is Cc1ccc([N+](=O)[O-])c(NCC2CCCCC2C(=O)O)c1. The summed E-state index contributed by atoms with van der Waals surface area (Å²) in [4.78, 5) is 21.9. The highest BCUT2D eigenvalue weighted by Gasteiger charge is 2.30. The molecule has 1 aliphatic rings. The molecule has 0 heterocycles. The molecule has 1 aromatic rings. The first-order chi connectivity index (χ1) is 9.99. The smallest absolute Gasteiger partial charge is 0.306 e. The van der Waals surface area contributed by atoms with Crippen molar-refractivity contribution in [2.24, 2.45) is 11.8 Å². The molecule has 6 nitrogen and oxygen atoms in total. The van der Waals surface area contributed by atoms with Crippen LogP contribution in [-0.4, -0.2) is 22.5 Å². The molecule has 0 aromatic heterocycles. The Morgan fingerprint density at radius 1 is 1.43 bits per heavy atom. The van der Waals surface area contributed by atoms with Crippen LogP contribution in [0.1, 0.15) is 31.2 Å². The molecule has 0 bridgehead atoms. The zero-order valence-electron chi connectivity index (χ0n) is 12.0. The van der Waals surface area contributed by atoms with Gasteiger partial charge in [-0.3, -0.25) is 14.9 Å². The van der Waals surface area contributed by atoms with Crippen LogP contribution in [-0.2, 0) is 4.79 Å². The van der Waals surface area contributed by atoms with Gasteiger partial charge in [0.25, 0.3) is 5.69 Å². The maximum Gasteiger partial charge on any atom is 0.306 e. The fourth-order valence-electron chi connectivity index (χ4n) is 2.97. The number of hydrogen-bond donors (Lipinski definition) is 2. The van der Waals surface area contributed by atoms with Crippen molar-refractivity contribution in [3.8, 4) is 0 Å². The lowest BCUT2D eigenvalue weighted by Crippen LogP contribution is -2.31. The van der Waals surface area contributed by atoms with E-state index in [4.69, 9.17) is 0 Å². The van der Waals surface area contributed by atoms with Crippen LogP contribution in [0.2, 0.25) is 0 Å². The summed E-state index contributed by atoms with van der Waals surface area (Å²) in [6.07, 6.45) is 3.51. The molecule has 0 aliphatic heterocycles. The van der Waals surface area contributed by atoms with E-state index in [0.29, 0.717) is 18.7 Å². The lowest BCUT2D eigenvalue weighted by atomic mass is 9.79. The Morgan fingerprint density at radius 3 is 2.81 bits per heavy atom. The summed E-state index contributed by atoms with van der Waals surface area (Å²) in [5, 5.41) is 23.4. The predicted molar refractivity (Wildman–Crippen MR) is 79.4 cm³/mol. The van der Waals surface area contributed by atoms with Crippen LogP contribution in [0, 0.1) is 28.9 Å². The lowest BCUT2D eigenvalue weighted by Gasteiger charge is -2.28. The Bertz CT molecular complexity index is 544. The number of aryl methyl sites for hydroxylation is 1. The van der Waals surface area contributed by atoms with Crippen molar-refractivity contribution in [1.29, 1.82) is 0 Å². The average Bonchev–Trinajstić information content (AvgIpc) is 2.45. The van der Waals surface area contributed by atoms with Crippen LogP contribution in [0.5, 0.6) is 0 Å². The minimum absolute atomic E-state index is 0.0244. The topological polar surface area (TPSA) is 92.5 Å². The maximum atomic E-state index is 11.3.